The lowest BCUT2D eigenvalue weighted by atomic mass is 10.1. The summed E-state index contributed by atoms with van der Waals surface area (Å²) in [5, 5.41) is 7.26. The van der Waals surface area contributed by atoms with Crippen LogP contribution in [0, 0.1) is 11.8 Å². The van der Waals surface area contributed by atoms with Crippen LogP contribution in [0.4, 0.5) is 24.5 Å². The molecule has 2 aliphatic rings. The van der Waals surface area contributed by atoms with Crippen LogP contribution in [0.5, 0.6) is 5.75 Å². The molecule has 0 spiro atoms. The average molecular weight is 623 g/mol. The van der Waals surface area contributed by atoms with Gasteiger partial charge in [0, 0.05) is 52.5 Å². The number of alkyl halides is 3. The lowest BCUT2D eigenvalue weighted by Gasteiger charge is -2.25. The van der Waals surface area contributed by atoms with Crippen LogP contribution < -0.4 is 15.4 Å². The number of ether oxygens (including phenoxy) is 2. The maximum atomic E-state index is 13.6. The first-order chi connectivity index (χ1) is 20.2. The second-order valence-corrected chi connectivity index (χ2v) is 13.2. The number of benzene rings is 2. The molecule has 2 fully saturated rings. The van der Waals surface area contributed by atoms with E-state index in [0.717, 1.165) is 18.5 Å². The highest BCUT2D eigenvalue weighted by Crippen LogP contribution is 2.32. The number of anilines is 2. The molecule has 2 N–H and O–H groups in total. The first kappa shape index (κ1) is 30.4. The van der Waals surface area contributed by atoms with Gasteiger partial charge in [-0.1, -0.05) is 12.0 Å². The molecule has 0 saturated carbocycles. The molecule has 2 saturated heterocycles. The van der Waals surface area contributed by atoms with Crippen molar-refractivity contribution in [1.29, 1.82) is 0 Å². The van der Waals surface area contributed by atoms with E-state index >= 15 is 0 Å². The summed E-state index contributed by atoms with van der Waals surface area (Å²) in [6, 6.07) is 12.3. The zero-order valence-electron chi connectivity index (χ0n) is 23.2. The van der Waals surface area contributed by atoms with Crippen LogP contribution >= 0.6 is 0 Å². The van der Waals surface area contributed by atoms with Crippen molar-refractivity contribution in [2.24, 2.45) is 0 Å². The van der Waals surface area contributed by atoms with Crippen molar-refractivity contribution in [3.63, 3.8) is 0 Å². The molecule has 3 heterocycles. The Morgan fingerprint density at radius 2 is 1.88 bits per heavy atom. The Balaban J connectivity index is 1.34. The summed E-state index contributed by atoms with van der Waals surface area (Å²) in [4.78, 5) is 0.605. The van der Waals surface area contributed by atoms with Gasteiger partial charge in [0.05, 0.1) is 48.7 Å². The van der Waals surface area contributed by atoms with Crippen LogP contribution in [0.15, 0.2) is 47.4 Å². The van der Waals surface area contributed by atoms with E-state index in [0.29, 0.717) is 65.0 Å². The van der Waals surface area contributed by atoms with E-state index < -0.39 is 34.5 Å². The summed E-state index contributed by atoms with van der Waals surface area (Å²) < 4.78 is 79.2. The number of rotatable bonds is 8. The third-order valence-electron chi connectivity index (χ3n) is 7.19. The predicted octanol–water partition coefficient (Wildman–Crippen LogP) is 4.35. The van der Waals surface area contributed by atoms with E-state index in [1.54, 1.807) is 36.4 Å². The quantitative estimate of drug-likeness (QED) is 0.364. The topological polar surface area (TPSA) is 84.8 Å². The smallest absolute Gasteiger partial charge is 0.406 e. The maximum Gasteiger partial charge on any atom is 0.406 e. The molecular formula is C29H33F3N4O4S2. The third-order valence-corrected chi connectivity index (χ3v) is 10.1. The van der Waals surface area contributed by atoms with Gasteiger partial charge in [-0.25, -0.2) is 8.51 Å². The first-order valence-electron chi connectivity index (χ1n) is 13.7. The van der Waals surface area contributed by atoms with Gasteiger partial charge in [-0.2, -0.15) is 13.2 Å². The number of halogens is 3. The summed E-state index contributed by atoms with van der Waals surface area (Å²) in [5.74, 6) is 7.58. The van der Waals surface area contributed by atoms with Crippen LogP contribution in [0.1, 0.15) is 18.5 Å². The molecule has 0 amide bonds. The van der Waals surface area contributed by atoms with Crippen LogP contribution in [-0.4, -0.2) is 81.0 Å². The number of methoxy groups -OCH3 is 1. The van der Waals surface area contributed by atoms with E-state index in [4.69, 9.17) is 9.47 Å². The molecule has 8 nitrogen and oxygen atoms in total. The second kappa shape index (κ2) is 13.5. The second-order valence-electron chi connectivity index (χ2n) is 10.0. The van der Waals surface area contributed by atoms with E-state index in [2.05, 4.69) is 22.5 Å². The molecule has 1 aromatic heterocycles. The Morgan fingerprint density at radius 1 is 1.12 bits per heavy atom. The van der Waals surface area contributed by atoms with Crippen LogP contribution in [-0.2, 0) is 33.1 Å². The van der Waals surface area contributed by atoms with Crippen molar-refractivity contribution in [1.82, 2.24) is 8.87 Å². The SMILES string of the molecule is COc1cc(S(=O)N2CCOCC2)ccc1NCC#Cc1cc2c(NC3CCS(=O)CC3)cccc2n1CC(F)(F)F. The highest BCUT2D eigenvalue weighted by atomic mass is 32.2. The lowest BCUT2D eigenvalue weighted by molar-refractivity contribution is -0.140. The van der Waals surface area contributed by atoms with Crippen LogP contribution in [0.3, 0.4) is 0 Å². The van der Waals surface area contributed by atoms with Gasteiger partial charge in [0.2, 0.25) is 0 Å². The Labute approximate surface area is 248 Å². The highest BCUT2D eigenvalue weighted by Gasteiger charge is 2.30. The van der Waals surface area contributed by atoms with E-state index in [1.807, 2.05) is 10.4 Å². The molecule has 0 aliphatic carbocycles. The molecule has 13 heteroatoms. The van der Waals surface area contributed by atoms with E-state index in [1.165, 1.54) is 11.7 Å². The maximum absolute atomic E-state index is 13.6. The minimum Gasteiger partial charge on any atom is -0.495 e. The lowest BCUT2D eigenvalue weighted by Crippen LogP contribution is -2.37. The van der Waals surface area contributed by atoms with E-state index in [9.17, 15) is 21.6 Å². The van der Waals surface area contributed by atoms with Crippen LogP contribution in [0.25, 0.3) is 10.9 Å². The van der Waals surface area contributed by atoms with Gasteiger partial charge in [-0.3, -0.25) is 4.21 Å². The highest BCUT2D eigenvalue weighted by molar-refractivity contribution is 7.85. The molecule has 2 aromatic carbocycles. The van der Waals surface area contributed by atoms with Crippen molar-refractivity contribution in [3.05, 3.63) is 48.2 Å². The van der Waals surface area contributed by atoms with Crippen LogP contribution in [0.2, 0.25) is 0 Å². The summed E-state index contributed by atoms with van der Waals surface area (Å²) in [7, 11) is -0.632. The van der Waals surface area contributed by atoms with Crippen molar-refractivity contribution in [3.8, 4) is 17.6 Å². The first-order valence-corrected chi connectivity index (χ1v) is 16.3. The molecule has 2 aliphatic heterocycles. The van der Waals surface area contributed by atoms with Gasteiger partial charge in [0.1, 0.15) is 23.3 Å². The van der Waals surface area contributed by atoms with Crippen molar-refractivity contribution in [2.75, 3.05) is 62.1 Å². The number of nitrogens with one attached hydrogen (secondary N) is 2. The molecule has 42 heavy (non-hydrogen) atoms. The average Bonchev–Trinajstić information content (AvgIpc) is 3.33. The van der Waals surface area contributed by atoms with Gasteiger partial charge in [-0.15, -0.1) is 0 Å². The Hall–Kier alpha value is -3.05. The van der Waals surface area contributed by atoms with Crippen molar-refractivity contribution < 1.29 is 31.1 Å². The third kappa shape index (κ3) is 7.47. The van der Waals surface area contributed by atoms with Crippen molar-refractivity contribution >= 4 is 44.1 Å². The molecule has 226 valence electrons. The molecule has 0 radical (unpaired) electrons. The number of aromatic nitrogens is 1. The Morgan fingerprint density at radius 3 is 2.60 bits per heavy atom. The zero-order chi connectivity index (χ0) is 29.7. The van der Waals surface area contributed by atoms with Gasteiger partial charge in [0.15, 0.2) is 0 Å². The summed E-state index contributed by atoms with van der Waals surface area (Å²) >= 11 is 0. The fourth-order valence-corrected chi connectivity index (χ4v) is 7.55. The number of hydrogen-bond acceptors (Lipinski definition) is 6. The molecule has 5 rings (SSSR count). The Bertz CT molecular complexity index is 1520. The molecule has 1 atom stereocenters. The summed E-state index contributed by atoms with van der Waals surface area (Å²) in [6.07, 6.45) is -2.93. The number of hydrogen-bond donors (Lipinski definition) is 2. The minimum atomic E-state index is -4.42. The monoisotopic (exact) mass is 622 g/mol. The van der Waals surface area contributed by atoms with Crippen molar-refractivity contribution in [2.45, 2.75) is 36.5 Å². The minimum absolute atomic E-state index is 0.116. The molecule has 3 aromatic rings. The molecule has 1 unspecified atom stereocenters. The number of fused-ring (bicyclic) bond motifs is 1. The fraction of sp³-hybridized carbons (Fsp3) is 0.448. The summed E-state index contributed by atoms with van der Waals surface area (Å²) in [6.45, 7) is 1.22. The fourth-order valence-electron chi connectivity index (χ4n) is 5.08. The van der Waals surface area contributed by atoms with Gasteiger partial charge < -0.3 is 24.7 Å². The van der Waals surface area contributed by atoms with Gasteiger partial charge >= 0.3 is 6.18 Å². The molecular weight excluding hydrogens is 589 g/mol. The van der Waals surface area contributed by atoms with Gasteiger partial charge in [0.25, 0.3) is 0 Å². The zero-order valence-corrected chi connectivity index (χ0v) is 24.8. The predicted molar refractivity (Wildman–Crippen MR) is 160 cm³/mol. The molecule has 0 bridgehead atoms. The van der Waals surface area contributed by atoms with E-state index in [-0.39, 0.29) is 18.3 Å². The standard InChI is InChI=1S/C29H33F3N4O4S2/c1-39-28-19-23(42(38)35-12-14-40-15-13-35)7-8-26(28)33-11-3-4-22-18-24-25(34-21-9-16-41(37)17-10-21)5-2-6-27(24)36(22)20-29(30,31)32/h2,5-8,18-19,21,33-34H,9-17,20H2,1H3. The number of morpholine rings is 1. The Kier molecular flexibility index (Phi) is 9.77. The van der Waals surface area contributed by atoms with Gasteiger partial charge in [-0.05, 0) is 55.2 Å². The normalized spacial score (nSPS) is 20.5. The summed E-state index contributed by atoms with van der Waals surface area (Å²) in [5.41, 5.74) is 2.07. The number of nitrogens with zero attached hydrogens (tertiary/aromatic N) is 2. The largest absolute Gasteiger partial charge is 0.495 e.